The smallest absolute Gasteiger partial charge is 0.296 e. The Kier molecular flexibility index (Phi) is 2.94. The predicted octanol–water partition coefficient (Wildman–Crippen LogP) is 1.74. The Bertz CT molecular complexity index is 1070. The maximum Gasteiger partial charge on any atom is 0.439 e. The van der Waals surface area contributed by atoms with Gasteiger partial charge in [-0.05, 0) is 30.7 Å². The molecule has 112 valence electrons. The van der Waals surface area contributed by atoms with E-state index in [2.05, 4.69) is 34.6 Å². The Balaban J connectivity index is 1.86. The van der Waals surface area contributed by atoms with E-state index in [0.717, 1.165) is 22.2 Å². The second kappa shape index (κ2) is 5.09. The molecule has 3 aromatic heterocycles. The van der Waals surface area contributed by atoms with Crippen LogP contribution in [0.5, 0.6) is 0 Å². The number of hydrogen-bond donors (Lipinski definition) is 1. The lowest BCUT2D eigenvalue weighted by Crippen LogP contribution is -1.96. The lowest BCUT2D eigenvalue weighted by molar-refractivity contribution is 0.387. The first-order chi connectivity index (χ1) is 11.2. The van der Waals surface area contributed by atoms with E-state index in [0.29, 0.717) is 11.4 Å². The van der Waals surface area contributed by atoms with Gasteiger partial charge >= 0.3 is 5.76 Å². The molecule has 23 heavy (non-hydrogen) atoms. The van der Waals surface area contributed by atoms with Crippen LogP contribution < -0.4 is 5.76 Å². The summed E-state index contributed by atoms with van der Waals surface area (Å²) in [7, 11) is 0. The van der Waals surface area contributed by atoms with Gasteiger partial charge < -0.3 is 0 Å². The number of H-pyrrole nitrogens is 1. The predicted molar refractivity (Wildman–Crippen MR) is 81.4 cm³/mol. The summed E-state index contributed by atoms with van der Waals surface area (Å²) in [5.74, 6) is -0.368. The average Bonchev–Trinajstić information content (AvgIpc) is 3.01. The summed E-state index contributed by atoms with van der Waals surface area (Å²) in [5, 5.41) is 3.63. The molecule has 0 amide bonds. The number of nitrogens with one attached hydrogen (secondary N) is 1. The second-order valence-electron chi connectivity index (χ2n) is 4.95. The number of benzene rings is 1. The third-order valence-electron chi connectivity index (χ3n) is 3.41. The first-order valence-corrected chi connectivity index (χ1v) is 6.81. The van der Waals surface area contributed by atoms with Gasteiger partial charge in [-0.3, -0.25) is 19.5 Å². The van der Waals surface area contributed by atoms with Crippen molar-refractivity contribution in [2.45, 2.75) is 6.92 Å². The Morgan fingerprint density at radius 3 is 2.65 bits per heavy atom. The minimum absolute atomic E-state index is 0.260. The zero-order chi connectivity index (χ0) is 15.8. The monoisotopic (exact) mass is 306 g/mol. The van der Waals surface area contributed by atoms with Gasteiger partial charge in [0.25, 0.3) is 0 Å². The highest BCUT2D eigenvalue weighted by Crippen LogP contribution is 2.25. The fourth-order valence-corrected chi connectivity index (χ4v) is 2.38. The molecule has 0 fully saturated rings. The van der Waals surface area contributed by atoms with Gasteiger partial charge in [-0.25, -0.2) is 14.8 Å². The number of aromatic nitrogens is 6. The normalized spacial score (nSPS) is 11.0. The fourth-order valence-electron chi connectivity index (χ4n) is 2.38. The van der Waals surface area contributed by atoms with E-state index in [-0.39, 0.29) is 5.82 Å². The quantitative estimate of drug-likeness (QED) is 0.600. The number of nitrogens with zero attached hydrogens (tertiary/aromatic N) is 5. The van der Waals surface area contributed by atoms with E-state index in [4.69, 9.17) is 0 Å². The molecule has 0 radical (unpaired) electrons. The highest BCUT2D eigenvalue weighted by Gasteiger charge is 2.10. The van der Waals surface area contributed by atoms with Gasteiger partial charge in [-0.1, -0.05) is 5.16 Å². The van der Waals surface area contributed by atoms with Gasteiger partial charge in [0.15, 0.2) is 0 Å². The molecule has 0 saturated carbocycles. The van der Waals surface area contributed by atoms with E-state index in [1.54, 1.807) is 18.5 Å². The molecule has 0 aliphatic heterocycles. The summed E-state index contributed by atoms with van der Waals surface area (Å²) in [6, 6.07) is 5.62. The molecule has 1 aromatic carbocycles. The van der Waals surface area contributed by atoms with Crippen molar-refractivity contribution in [3.63, 3.8) is 0 Å². The molecule has 1 N–H and O–H groups in total. The summed E-state index contributed by atoms with van der Waals surface area (Å²) in [6.07, 6.45) is 4.73. The minimum Gasteiger partial charge on any atom is -0.296 e. The molecule has 0 bridgehead atoms. The van der Waals surface area contributed by atoms with Crippen LogP contribution in [0.2, 0.25) is 0 Å². The largest absolute Gasteiger partial charge is 0.439 e. The van der Waals surface area contributed by atoms with Gasteiger partial charge in [0.2, 0.25) is 5.82 Å². The minimum atomic E-state index is -0.628. The molecule has 8 heteroatoms. The number of aromatic amines is 1. The molecule has 0 aliphatic rings. The number of fused-ring (bicyclic) bond motifs is 1. The number of hydrogen-bond acceptors (Lipinski definition) is 7. The molecule has 3 heterocycles. The zero-order valence-corrected chi connectivity index (χ0v) is 12.0. The highest BCUT2D eigenvalue weighted by molar-refractivity contribution is 5.83. The third-order valence-corrected chi connectivity index (χ3v) is 3.41. The first kappa shape index (κ1) is 13.3. The van der Waals surface area contributed by atoms with Crippen LogP contribution in [0.1, 0.15) is 5.56 Å². The van der Waals surface area contributed by atoms with Crippen molar-refractivity contribution in [1.29, 1.82) is 0 Å². The van der Waals surface area contributed by atoms with Crippen molar-refractivity contribution >= 4 is 11.0 Å². The van der Waals surface area contributed by atoms with Gasteiger partial charge in [-0.15, -0.1) is 0 Å². The molecule has 4 aromatic rings. The Morgan fingerprint density at radius 1 is 1.00 bits per heavy atom. The lowest BCUT2D eigenvalue weighted by atomic mass is 10.1. The van der Waals surface area contributed by atoms with E-state index in [1.165, 1.54) is 6.33 Å². The summed E-state index contributed by atoms with van der Waals surface area (Å²) in [6.45, 7) is 1.97. The van der Waals surface area contributed by atoms with Crippen LogP contribution in [0.4, 0.5) is 0 Å². The van der Waals surface area contributed by atoms with Crippen LogP contribution in [0, 0.1) is 6.92 Å². The standard InChI is InChI=1S/C15H10N6O2/c1-8-4-9(5-11-13(8)17-3-2-16-11)10-6-12(19-7-18-10)14-20-15(22)23-21-14/h2-7H,1H3,(H,20,21,22). The molecular weight excluding hydrogens is 296 g/mol. The van der Waals surface area contributed by atoms with E-state index in [1.807, 2.05) is 19.1 Å². The Morgan fingerprint density at radius 2 is 1.83 bits per heavy atom. The lowest BCUT2D eigenvalue weighted by Gasteiger charge is -2.06. The van der Waals surface area contributed by atoms with Gasteiger partial charge in [0.05, 0.1) is 16.7 Å². The van der Waals surface area contributed by atoms with E-state index >= 15 is 0 Å². The number of rotatable bonds is 2. The fraction of sp³-hybridized carbons (Fsp3) is 0.0667. The van der Waals surface area contributed by atoms with E-state index < -0.39 is 5.76 Å². The van der Waals surface area contributed by atoms with Gasteiger partial charge in [-0.2, -0.15) is 0 Å². The third kappa shape index (κ3) is 2.35. The van der Waals surface area contributed by atoms with Crippen molar-refractivity contribution in [2.75, 3.05) is 0 Å². The molecule has 0 saturated heterocycles. The van der Waals surface area contributed by atoms with Crippen LogP contribution in [0.15, 0.2) is 46.2 Å². The van der Waals surface area contributed by atoms with Crippen molar-refractivity contribution < 1.29 is 4.52 Å². The van der Waals surface area contributed by atoms with Crippen LogP contribution in [-0.2, 0) is 0 Å². The summed E-state index contributed by atoms with van der Waals surface area (Å²) in [4.78, 5) is 30.6. The van der Waals surface area contributed by atoms with Crippen LogP contribution in [0.25, 0.3) is 33.8 Å². The summed E-state index contributed by atoms with van der Waals surface area (Å²) >= 11 is 0. The Labute approximate surface area is 129 Å². The van der Waals surface area contributed by atoms with Crippen LogP contribution in [-0.4, -0.2) is 30.1 Å². The van der Waals surface area contributed by atoms with Crippen molar-refractivity contribution in [1.82, 2.24) is 30.1 Å². The zero-order valence-electron chi connectivity index (χ0n) is 12.0. The first-order valence-electron chi connectivity index (χ1n) is 6.81. The van der Waals surface area contributed by atoms with E-state index in [9.17, 15) is 4.79 Å². The van der Waals surface area contributed by atoms with Gasteiger partial charge in [0, 0.05) is 18.0 Å². The van der Waals surface area contributed by atoms with Crippen molar-refractivity contribution in [3.05, 3.63) is 53.0 Å². The molecular formula is C15H10N6O2. The van der Waals surface area contributed by atoms with Crippen molar-refractivity contribution in [2.24, 2.45) is 0 Å². The van der Waals surface area contributed by atoms with Crippen molar-refractivity contribution in [3.8, 4) is 22.8 Å². The maximum absolute atomic E-state index is 11.1. The number of aryl methyl sites for hydroxylation is 1. The molecule has 8 nitrogen and oxygen atoms in total. The summed E-state index contributed by atoms with van der Waals surface area (Å²) in [5.41, 5.74) is 4.68. The average molecular weight is 306 g/mol. The molecule has 0 atom stereocenters. The molecule has 0 aliphatic carbocycles. The van der Waals surface area contributed by atoms with Gasteiger partial charge in [0.1, 0.15) is 12.0 Å². The van der Waals surface area contributed by atoms with Crippen LogP contribution in [0.3, 0.4) is 0 Å². The molecule has 4 rings (SSSR count). The SMILES string of the molecule is Cc1cc(-c2cc(-c3noc(=O)[nH]3)ncn2)cc2nccnc12. The van der Waals surface area contributed by atoms with Crippen LogP contribution >= 0.6 is 0 Å². The maximum atomic E-state index is 11.1. The second-order valence-corrected chi connectivity index (χ2v) is 4.95. The molecule has 0 unspecified atom stereocenters. The Hall–Kier alpha value is -3.42. The topological polar surface area (TPSA) is 110 Å². The highest BCUT2D eigenvalue weighted by atomic mass is 16.5. The summed E-state index contributed by atoms with van der Waals surface area (Å²) < 4.78 is 4.50. The molecule has 0 spiro atoms.